The van der Waals surface area contributed by atoms with Crippen molar-refractivity contribution >= 4 is 11.9 Å². The Balaban J connectivity index is 1.89. The van der Waals surface area contributed by atoms with Gasteiger partial charge in [0.05, 0.1) is 17.2 Å². The molecule has 0 saturated heterocycles. The van der Waals surface area contributed by atoms with E-state index in [-0.39, 0.29) is 11.5 Å². The van der Waals surface area contributed by atoms with Crippen LogP contribution >= 0.6 is 0 Å². The molecule has 0 spiro atoms. The summed E-state index contributed by atoms with van der Waals surface area (Å²) in [6, 6.07) is 15.9. The maximum absolute atomic E-state index is 12.0. The SMILES string of the molecule is Cc1ccc(CNC(=O)C(C)OC(=O)c2cccc(C#N)c2)cc1. The molecule has 1 amide bonds. The van der Waals surface area contributed by atoms with Gasteiger partial charge in [-0.1, -0.05) is 35.9 Å². The highest BCUT2D eigenvalue weighted by Gasteiger charge is 2.18. The fourth-order valence-electron chi connectivity index (χ4n) is 2.04. The van der Waals surface area contributed by atoms with Gasteiger partial charge in [-0.15, -0.1) is 0 Å². The Hall–Kier alpha value is -3.13. The van der Waals surface area contributed by atoms with Gasteiger partial charge in [-0.05, 0) is 37.6 Å². The van der Waals surface area contributed by atoms with Crippen molar-refractivity contribution in [3.63, 3.8) is 0 Å². The van der Waals surface area contributed by atoms with Gasteiger partial charge in [-0.25, -0.2) is 4.79 Å². The molecule has 0 radical (unpaired) electrons. The molecule has 0 aromatic heterocycles. The van der Waals surface area contributed by atoms with Gasteiger partial charge < -0.3 is 10.1 Å². The number of ether oxygens (including phenoxy) is 1. The molecule has 5 heteroatoms. The molecule has 0 fully saturated rings. The number of benzene rings is 2. The van der Waals surface area contributed by atoms with E-state index in [4.69, 9.17) is 10.00 Å². The molecule has 0 aliphatic heterocycles. The summed E-state index contributed by atoms with van der Waals surface area (Å²) in [6.45, 7) is 3.87. The summed E-state index contributed by atoms with van der Waals surface area (Å²) in [5, 5.41) is 11.6. The van der Waals surface area contributed by atoms with Gasteiger partial charge in [0.15, 0.2) is 6.10 Å². The Kier molecular flexibility index (Phi) is 5.69. The van der Waals surface area contributed by atoms with Crippen LogP contribution in [0.5, 0.6) is 0 Å². The fraction of sp³-hybridized carbons (Fsp3) is 0.211. The van der Waals surface area contributed by atoms with Crippen LogP contribution in [0, 0.1) is 18.3 Å². The molecule has 1 N–H and O–H groups in total. The van der Waals surface area contributed by atoms with Gasteiger partial charge in [-0.3, -0.25) is 4.79 Å². The second-order valence-electron chi connectivity index (χ2n) is 5.44. The van der Waals surface area contributed by atoms with E-state index in [1.807, 2.05) is 37.3 Å². The molecule has 0 heterocycles. The predicted octanol–water partition coefficient (Wildman–Crippen LogP) is 2.73. The van der Waals surface area contributed by atoms with Crippen molar-refractivity contribution in [1.29, 1.82) is 5.26 Å². The summed E-state index contributed by atoms with van der Waals surface area (Å²) >= 11 is 0. The zero-order valence-corrected chi connectivity index (χ0v) is 13.6. The predicted molar refractivity (Wildman–Crippen MR) is 89.1 cm³/mol. The van der Waals surface area contributed by atoms with Crippen LogP contribution < -0.4 is 5.32 Å². The molecule has 0 saturated carbocycles. The molecule has 1 unspecified atom stereocenters. The maximum Gasteiger partial charge on any atom is 0.338 e. The number of esters is 1. The molecule has 0 aliphatic carbocycles. The van der Waals surface area contributed by atoms with E-state index in [1.54, 1.807) is 18.2 Å². The summed E-state index contributed by atoms with van der Waals surface area (Å²) in [7, 11) is 0. The molecule has 0 aliphatic rings. The lowest BCUT2D eigenvalue weighted by atomic mass is 10.1. The Bertz CT molecular complexity index is 776. The van der Waals surface area contributed by atoms with Crippen molar-refractivity contribution in [1.82, 2.24) is 5.32 Å². The number of nitrogens with zero attached hydrogens (tertiary/aromatic N) is 1. The summed E-state index contributed by atoms with van der Waals surface area (Å²) in [4.78, 5) is 24.1. The third-order valence-corrected chi connectivity index (χ3v) is 3.47. The largest absolute Gasteiger partial charge is 0.449 e. The lowest BCUT2D eigenvalue weighted by Gasteiger charge is -2.13. The molecule has 2 aromatic carbocycles. The van der Waals surface area contributed by atoms with Crippen LogP contribution in [-0.4, -0.2) is 18.0 Å². The first-order chi connectivity index (χ1) is 11.5. The zero-order chi connectivity index (χ0) is 17.5. The number of hydrogen-bond donors (Lipinski definition) is 1. The first kappa shape index (κ1) is 17.2. The summed E-state index contributed by atoms with van der Waals surface area (Å²) in [5.74, 6) is -1.01. The Morgan fingerprint density at radius 1 is 1.21 bits per heavy atom. The molecular formula is C19H18N2O3. The maximum atomic E-state index is 12.0. The second-order valence-corrected chi connectivity index (χ2v) is 5.44. The van der Waals surface area contributed by atoms with E-state index in [2.05, 4.69) is 5.32 Å². The topological polar surface area (TPSA) is 79.2 Å². The van der Waals surface area contributed by atoms with Crippen molar-refractivity contribution in [3.8, 4) is 6.07 Å². The molecule has 2 rings (SSSR count). The van der Waals surface area contributed by atoms with E-state index in [1.165, 1.54) is 13.0 Å². The van der Waals surface area contributed by atoms with Crippen LogP contribution in [0.3, 0.4) is 0 Å². The van der Waals surface area contributed by atoms with Gasteiger partial charge in [-0.2, -0.15) is 5.26 Å². The van der Waals surface area contributed by atoms with E-state index >= 15 is 0 Å². The molecule has 5 nitrogen and oxygen atoms in total. The Morgan fingerprint density at radius 2 is 1.92 bits per heavy atom. The van der Waals surface area contributed by atoms with Crippen molar-refractivity contribution in [2.45, 2.75) is 26.5 Å². The number of rotatable bonds is 5. The summed E-state index contributed by atoms with van der Waals surface area (Å²) in [5.41, 5.74) is 2.72. The minimum absolute atomic E-state index is 0.243. The summed E-state index contributed by atoms with van der Waals surface area (Å²) < 4.78 is 5.14. The van der Waals surface area contributed by atoms with Gasteiger partial charge in [0.1, 0.15) is 0 Å². The minimum Gasteiger partial charge on any atom is -0.449 e. The lowest BCUT2D eigenvalue weighted by Crippen LogP contribution is -2.35. The van der Waals surface area contributed by atoms with Gasteiger partial charge >= 0.3 is 5.97 Å². The average Bonchev–Trinajstić information content (AvgIpc) is 2.60. The highest BCUT2D eigenvalue weighted by molar-refractivity contribution is 5.92. The van der Waals surface area contributed by atoms with Crippen LogP contribution in [0.1, 0.15) is 34.0 Å². The molecule has 2 aromatic rings. The van der Waals surface area contributed by atoms with E-state index < -0.39 is 12.1 Å². The quantitative estimate of drug-likeness (QED) is 0.858. The van der Waals surface area contributed by atoms with Crippen molar-refractivity contribution in [3.05, 3.63) is 70.8 Å². The van der Waals surface area contributed by atoms with Crippen molar-refractivity contribution in [2.24, 2.45) is 0 Å². The van der Waals surface area contributed by atoms with E-state index in [0.29, 0.717) is 12.1 Å². The van der Waals surface area contributed by atoms with Crippen LogP contribution in [0.25, 0.3) is 0 Å². The minimum atomic E-state index is -0.923. The van der Waals surface area contributed by atoms with Crippen LogP contribution in [-0.2, 0) is 16.1 Å². The van der Waals surface area contributed by atoms with Gasteiger partial charge in [0, 0.05) is 6.54 Å². The van der Waals surface area contributed by atoms with E-state index in [9.17, 15) is 9.59 Å². The first-order valence-electron chi connectivity index (χ1n) is 7.54. The molecule has 0 bridgehead atoms. The van der Waals surface area contributed by atoms with E-state index in [0.717, 1.165) is 11.1 Å². The Morgan fingerprint density at radius 3 is 2.58 bits per heavy atom. The number of nitrogens with one attached hydrogen (secondary N) is 1. The molecule has 1 atom stereocenters. The molecule has 24 heavy (non-hydrogen) atoms. The third-order valence-electron chi connectivity index (χ3n) is 3.47. The second kappa shape index (κ2) is 7.93. The number of carbonyl (C=O) groups is 2. The fourth-order valence-corrected chi connectivity index (χ4v) is 2.04. The van der Waals surface area contributed by atoms with Gasteiger partial charge in [0.25, 0.3) is 5.91 Å². The highest BCUT2D eigenvalue weighted by atomic mass is 16.5. The average molecular weight is 322 g/mol. The number of aryl methyl sites for hydroxylation is 1. The highest BCUT2D eigenvalue weighted by Crippen LogP contribution is 2.08. The van der Waals surface area contributed by atoms with Crippen LogP contribution in [0.2, 0.25) is 0 Å². The van der Waals surface area contributed by atoms with Crippen LogP contribution in [0.15, 0.2) is 48.5 Å². The Labute approximate surface area is 140 Å². The first-order valence-corrected chi connectivity index (χ1v) is 7.54. The number of hydrogen-bond acceptors (Lipinski definition) is 4. The molecule has 122 valence electrons. The monoisotopic (exact) mass is 322 g/mol. The van der Waals surface area contributed by atoms with Crippen molar-refractivity contribution in [2.75, 3.05) is 0 Å². The van der Waals surface area contributed by atoms with Gasteiger partial charge in [0.2, 0.25) is 0 Å². The lowest BCUT2D eigenvalue weighted by molar-refractivity contribution is -0.129. The number of carbonyl (C=O) groups excluding carboxylic acids is 2. The smallest absolute Gasteiger partial charge is 0.338 e. The van der Waals surface area contributed by atoms with Crippen molar-refractivity contribution < 1.29 is 14.3 Å². The zero-order valence-electron chi connectivity index (χ0n) is 13.6. The molecular weight excluding hydrogens is 304 g/mol. The third kappa shape index (κ3) is 4.68. The normalized spacial score (nSPS) is 11.2. The number of amides is 1. The summed E-state index contributed by atoms with van der Waals surface area (Å²) in [6.07, 6.45) is -0.923. The number of nitriles is 1. The standard InChI is InChI=1S/C19H18N2O3/c1-13-6-8-15(9-7-13)12-21-18(22)14(2)24-19(23)17-5-3-4-16(10-17)11-20/h3-10,14H,12H2,1-2H3,(H,21,22). The van der Waals surface area contributed by atoms with Crippen LogP contribution in [0.4, 0.5) is 0 Å².